The van der Waals surface area contributed by atoms with Crippen LogP contribution in [-0.4, -0.2) is 0 Å². The zero-order chi connectivity index (χ0) is 16.0. The van der Waals surface area contributed by atoms with Crippen molar-refractivity contribution in [3.05, 3.63) is 71.3 Å². The number of anilines is 4. The molecule has 0 atom stereocenters. The molecular weight excluding hydrogens is 282 g/mol. The van der Waals surface area contributed by atoms with E-state index in [2.05, 4.69) is 42.6 Å². The van der Waals surface area contributed by atoms with E-state index in [-0.39, 0.29) is 0 Å². The molecule has 0 aliphatic carbocycles. The molecule has 23 heavy (non-hydrogen) atoms. The van der Waals surface area contributed by atoms with E-state index in [1.165, 1.54) is 22.3 Å². The van der Waals surface area contributed by atoms with Crippen molar-refractivity contribution in [3.8, 4) is 11.1 Å². The predicted octanol–water partition coefficient (Wildman–Crippen LogP) is 4.47. The molecule has 3 heteroatoms. The number of benzene rings is 3. The minimum absolute atomic E-state index is 0.787. The number of fused-ring (bicyclic) bond motifs is 2. The molecule has 1 aliphatic heterocycles. The summed E-state index contributed by atoms with van der Waals surface area (Å²) in [4.78, 5) is 0. The average Bonchev–Trinajstić information content (AvgIpc) is 2.54. The summed E-state index contributed by atoms with van der Waals surface area (Å²) in [6.07, 6.45) is 0.831. The summed E-state index contributed by atoms with van der Waals surface area (Å²) >= 11 is 0. The first-order valence-electron chi connectivity index (χ1n) is 7.76. The number of hydrogen-bond donors (Lipinski definition) is 3. The Morgan fingerprint density at radius 3 is 2.52 bits per heavy atom. The van der Waals surface area contributed by atoms with Crippen molar-refractivity contribution in [2.45, 2.75) is 13.3 Å². The van der Waals surface area contributed by atoms with Crippen molar-refractivity contribution in [3.63, 3.8) is 0 Å². The van der Waals surface area contributed by atoms with Gasteiger partial charge in [0.1, 0.15) is 0 Å². The van der Waals surface area contributed by atoms with Crippen molar-refractivity contribution >= 4 is 22.7 Å². The molecule has 0 aromatic heterocycles. The van der Waals surface area contributed by atoms with Crippen LogP contribution in [0.1, 0.15) is 16.7 Å². The summed E-state index contributed by atoms with van der Waals surface area (Å²) in [6, 6.07) is 18.4. The van der Waals surface area contributed by atoms with Gasteiger partial charge in [0.2, 0.25) is 0 Å². The van der Waals surface area contributed by atoms with E-state index < -0.39 is 0 Å². The van der Waals surface area contributed by atoms with Gasteiger partial charge in [-0.15, -0.1) is 0 Å². The number of nitrogens with one attached hydrogen (secondary N) is 1. The second-order valence-electron chi connectivity index (χ2n) is 6.09. The molecule has 1 heterocycles. The van der Waals surface area contributed by atoms with Crippen LogP contribution in [0.3, 0.4) is 0 Å². The first-order chi connectivity index (χ1) is 11.1. The van der Waals surface area contributed by atoms with E-state index in [0.717, 1.165) is 34.7 Å². The summed E-state index contributed by atoms with van der Waals surface area (Å²) in [5.74, 6) is 0. The largest absolute Gasteiger partial charge is 0.399 e. The van der Waals surface area contributed by atoms with Gasteiger partial charge >= 0.3 is 0 Å². The maximum atomic E-state index is 6.34. The Morgan fingerprint density at radius 2 is 1.70 bits per heavy atom. The molecule has 0 bridgehead atoms. The zero-order valence-electron chi connectivity index (χ0n) is 13.1. The summed E-state index contributed by atoms with van der Waals surface area (Å²) in [6.45, 7) is 2.12. The average molecular weight is 301 g/mol. The van der Waals surface area contributed by atoms with Gasteiger partial charge in [0.05, 0.1) is 0 Å². The number of nitrogen functional groups attached to an aromatic ring is 2. The lowest BCUT2D eigenvalue weighted by Crippen LogP contribution is -2.10. The first kappa shape index (κ1) is 13.7. The minimum atomic E-state index is 0.787. The van der Waals surface area contributed by atoms with Crippen molar-refractivity contribution in [1.82, 2.24) is 0 Å². The van der Waals surface area contributed by atoms with E-state index in [4.69, 9.17) is 11.5 Å². The Kier molecular flexibility index (Phi) is 3.01. The fourth-order valence-corrected chi connectivity index (χ4v) is 3.36. The number of aryl methyl sites for hydroxylation is 1. The van der Waals surface area contributed by atoms with E-state index in [0.29, 0.717) is 0 Å². The molecule has 0 fully saturated rings. The van der Waals surface area contributed by atoms with Gasteiger partial charge in [0.25, 0.3) is 0 Å². The standard InChI is InChI=1S/C20H19N3/c1-12-4-2-3-5-15(12)20-16-11-13-10-14(21)6-8-18(13)23-19(16)9-7-17(20)22/h2-10,23H,11,21-22H2,1H3. The molecule has 0 saturated heterocycles. The smallest absolute Gasteiger partial charge is 0.0428 e. The Bertz CT molecular complexity index is 913. The molecule has 1 aliphatic rings. The van der Waals surface area contributed by atoms with Gasteiger partial charge in [-0.2, -0.15) is 0 Å². The summed E-state index contributed by atoms with van der Waals surface area (Å²) in [5, 5.41) is 3.51. The fourth-order valence-electron chi connectivity index (χ4n) is 3.36. The lowest BCUT2D eigenvalue weighted by molar-refractivity contribution is 1.16. The summed E-state index contributed by atoms with van der Waals surface area (Å²) in [7, 11) is 0. The van der Waals surface area contributed by atoms with Gasteiger partial charge in [0, 0.05) is 34.7 Å². The Morgan fingerprint density at radius 1 is 0.913 bits per heavy atom. The highest BCUT2D eigenvalue weighted by molar-refractivity contribution is 5.89. The van der Waals surface area contributed by atoms with Gasteiger partial charge in [-0.1, -0.05) is 24.3 Å². The van der Waals surface area contributed by atoms with Gasteiger partial charge < -0.3 is 16.8 Å². The monoisotopic (exact) mass is 301 g/mol. The molecule has 0 unspecified atom stereocenters. The Balaban J connectivity index is 1.93. The lowest BCUT2D eigenvalue weighted by atomic mass is 9.87. The molecule has 0 saturated carbocycles. The number of hydrogen-bond acceptors (Lipinski definition) is 3. The maximum absolute atomic E-state index is 6.34. The van der Waals surface area contributed by atoms with Crippen LogP contribution in [0.2, 0.25) is 0 Å². The number of nitrogens with two attached hydrogens (primary N) is 2. The second-order valence-corrected chi connectivity index (χ2v) is 6.09. The first-order valence-corrected chi connectivity index (χ1v) is 7.76. The third-order valence-electron chi connectivity index (χ3n) is 4.53. The van der Waals surface area contributed by atoms with Crippen molar-refractivity contribution in [1.29, 1.82) is 0 Å². The number of rotatable bonds is 1. The van der Waals surface area contributed by atoms with Crippen molar-refractivity contribution in [2.75, 3.05) is 16.8 Å². The highest BCUT2D eigenvalue weighted by Crippen LogP contribution is 2.42. The van der Waals surface area contributed by atoms with Crippen LogP contribution < -0.4 is 16.8 Å². The molecule has 3 aromatic rings. The molecule has 0 spiro atoms. The summed E-state index contributed by atoms with van der Waals surface area (Å²) < 4.78 is 0. The summed E-state index contributed by atoms with van der Waals surface area (Å²) in [5.41, 5.74) is 22.1. The van der Waals surface area contributed by atoms with Gasteiger partial charge in [0.15, 0.2) is 0 Å². The zero-order valence-corrected chi connectivity index (χ0v) is 13.1. The maximum Gasteiger partial charge on any atom is 0.0428 e. The molecule has 5 N–H and O–H groups in total. The van der Waals surface area contributed by atoms with Crippen LogP contribution in [0.4, 0.5) is 22.7 Å². The molecule has 114 valence electrons. The SMILES string of the molecule is Cc1ccccc1-c1c(N)ccc2c1Cc1cc(N)ccc1N2. The van der Waals surface area contributed by atoms with Crippen LogP contribution in [0, 0.1) is 6.92 Å². The van der Waals surface area contributed by atoms with E-state index in [9.17, 15) is 0 Å². The van der Waals surface area contributed by atoms with E-state index in [1.54, 1.807) is 0 Å². The molecule has 0 radical (unpaired) electrons. The second kappa shape index (κ2) is 5.06. The van der Waals surface area contributed by atoms with Crippen LogP contribution in [0.25, 0.3) is 11.1 Å². The van der Waals surface area contributed by atoms with Crippen LogP contribution in [0.5, 0.6) is 0 Å². The van der Waals surface area contributed by atoms with E-state index in [1.807, 2.05) is 24.3 Å². The van der Waals surface area contributed by atoms with Gasteiger partial charge in [-0.25, -0.2) is 0 Å². The normalized spacial score (nSPS) is 12.2. The topological polar surface area (TPSA) is 64.1 Å². The highest BCUT2D eigenvalue weighted by Gasteiger charge is 2.21. The molecule has 0 amide bonds. The quantitative estimate of drug-likeness (QED) is 0.454. The molecule has 4 rings (SSSR count). The molecular formula is C20H19N3. The Hall–Kier alpha value is -2.94. The van der Waals surface area contributed by atoms with Crippen LogP contribution in [-0.2, 0) is 6.42 Å². The van der Waals surface area contributed by atoms with Crippen molar-refractivity contribution in [2.24, 2.45) is 0 Å². The van der Waals surface area contributed by atoms with Crippen LogP contribution >= 0.6 is 0 Å². The molecule has 3 aromatic carbocycles. The van der Waals surface area contributed by atoms with E-state index >= 15 is 0 Å². The lowest BCUT2D eigenvalue weighted by Gasteiger charge is -2.26. The molecule has 3 nitrogen and oxygen atoms in total. The third kappa shape index (κ3) is 2.21. The van der Waals surface area contributed by atoms with Gasteiger partial charge in [-0.3, -0.25) is 0 Å². The third-order valence-corrected chi connectivity index (χ3v) is 4.53. The van der Waals surface area contributed by atoms with Crippen LogP contribution in [0.15, 0.2) is 54.6 Å². The Labute approximate surface area is 135 Å². The minimum Gasteiger partial charge on any atom is -0.399 e. The predicted molar refractivity (Wildman–Crippen MR) is 98.0 cm³/mol. The fraction of sp³-hybridized carbons (Fsp3) is 0.100. The van der Waals surface area contributed by atoms with Gasteiger partial charge in [-0.05, 0) is 59.5 Å². The highest BCUT2D eigenvalue weighted by atomic mass is 14.9. The van der Waals surface area contributed by atoms with Crippen molar-refractivity contribution < 1.29 is 0 Å².